The first-order chi connectivity index (χ1) is 14.6. The molecule has 3 aromatic carbocycles. The number of hydrogen-bond donors (Lipinski definition) is 0. The summed E-state index contributed by atoms with van der Waals surface area (Å²) in [5.74, 6) is 0.290. The lowest BCUT2D eigenvalue weighted by atomic mass is 9.99. The number of carbonyl (C=O) groups excluding carboxylic acids is 1. The van der Waals surface area contributed by atoms with Crippen LogP contribution in [0, 0.1) is 6.92 Å². The average Bonchev–Trinajstić information content (AvgIpc) is 2.78. The van der Waals surface area contributed by atoms with Crippen molar-refractivity contribution in [2.75, 3.05) is 7.11 Å². The first kappa shape index (κ1) is 19.5. The molecule has 0 aliphatic carbocycles. The summed E-state index contributed by atoms with van der Waals surface area (Å²) in [6.07, 6.45) is 0. The molecule has 5 nitrogen and oxygen atoms in total. The Morgan fingerprint density at radius 1 is 0.967 bits per heavy atom. The van der Waals surface area contributed by atoms with E-state index in [-0.39, 0.29) is 11.6 Å². The van der Waals surface area contributed by atoms with Gasteiger partial charge in [-0.05, 0) is 53.9 Å². The van der Waals surface area contributed by atoms with Crippen molar-refractivity contribution in [2.45, 2.75) is 13.5 Å². The van der Waals surface area contributed by atoms with Crippen molar-refractivity contribution >= 4 is 16.9 Å². The second-order valence-electron chi connectivity index (χ2n) is 6.89. The minimum Gasteiger partial charge on any atom is -0.489 e. The van der Waals surface area contributed by atoms with Gasteiger partial charge >= 0.3 is 11.6 Å². The maximum Gasteiger partial charge on any atom is 0.344 e. The highest BCUT2D eigenvalue weighted by molar-refractivity contribution is 5.89. The van der Waals surface area contributed by atoms with Gasteiger partial charge in [0, 0.05) is 5.39 Å². The van der Waals surface area contributed by atoms with Crippen LogP contribution in [0.3, 0.4) is 0 Å². The fourth-order valence-corrected chi connectivity index (χ4v) is 3.38. The number of methoxy groups -OCH3 is 1. The van der Waals surface area contributed by atoms with Crippen molar-refractivity contribution in [3.63, 3.8) is 0 Å². The summed E-state index contributed by atoms with van der Waals surface area (Å²) in [6.45, 7) is 2.26. The predicted molar refractivity (Wildman–Crippen MR) is 115 cm³/mol. The number of rotatable bonds is 5. The Kier molecular flexibility index (Phi) is 5.35. The number of benzene rings is 3. The third-order valence-corrected chi connectivity index (χ3v) is 4.98. The molecule has 0 saturated heterocycles. The van der Waals surface area contributed by atoms with Crippen molar-refractivity contribution in [2.24, 2.45) is 0 Å². The van der Waals surface area contributed by atoms with Gasteiger partial charge in [0.2, 0.25) is 0 Å². The summed E-state index contributed by atoms with van der Waals surface area (Å²) in [5, 5.41) is 0.826. The zero-order valence-electron chi connectivity index (χ0n) is 16.7. The Morgan fingerprint density at radius 2 is 1.70 bits per heavy atom. The maximum atomic E-state index is 12.5. The number of esters is 1. The molecule has 0 unspecified atom stereocenters. The molecule has 150 valence electrons. The first-order valence-electron chi connectivity index (χ1n) is 9.50. The predicted octanol–water partition coefficient (Wildman–Crippen LogP) is 5.13. The highest BCUT2D eigenvalue weighted by Gasteiger charge is 2.14. The SMILES string of the molecule is COC(=O)c1ccc(COc2ccc3oc(=O)c(-c4ccccc4)c(C)c3c2)cc1. The third-order valence-electron chi connectivity index (χ3n) is 4.98. The zero-order valence-corrected chi connectivity index (χ0v) is 16.7. The van der Waals surface area contributed by atoms with E-state index in [0.29, 0.717) is 29.1 Å². The lowest BCUT2D eigenvalue weighted by molar-refractivity contribution is 0.0600. The van der Waals surface area contributed by atoms with Gasteiger partial charge in [-0.2, -0.15) is 0 Å². The van der Waals surface area contributed by atoms with Gasteiger partial charge in [0.05, 0.1) is 18.2 Å². The maximum absolute atomic E-state index is 12.5. The van der Waals surface area contributed by atoms with Crippen LogP contribution >= 0.6 is 0 Å². The summed E-state index contributed by atoms with van der Waals surface area (Å²) in [4.78, 5) is 24.0. The van der Waals surface area contributed by atoms with E-state index in [1.807, 2.05) is 55.5 Å². The van der Waals surface area contributed by atoms with Crippen LogP contribution in [0.1, 0.15) is 21.5 Å². The second kappa shape index (κ2) is 8.25. The molecule has 0 spiro atoms. The molecular formula is C25H20O5. The normalized spacial score (nSPS) is 10.7. The van der Waals surface area contributed by atoms with Gasteiger partial charge in [0.1, 0.15) is 17.9 Å². The highest BCUT2D eigenvalue weighted by Crippen LogP contribution is 2.29. The van der Waals surface area contributed by atoms with Crippen molar-refractivity contribution in [1.82, 2.24) is 0 Å². The van der Waals surface area contributed by atoms with Crippen molar-refractivity contribution in [1.29, 1.82) is 0 Å². The molecule has 4 aromatic rings. The van der Waals surface area contributed by atoms with Gasteiger partial charge in [0.15, 0.2) is 0 Å². The summed E-state index contributed by atoms with van der Waals surface area (Å²) in [7, 11) is 1.35. The van der Waals surface area contributed by atoms with Crippen LogP contribution in [0.25, 0.3) is 22.1 Å². The standard InChI is InChI=1S/C25H20O5/c1-16-21-14-20(29-15-17-8-10-19(11-9-17)24(26)28-2)12-13-22(21)30-25(27)23(16)18-6-4-3-5-7-18/h3-14H,15H2,1-2H3. The van der Waals surface area contributed by atoms with E-state index in [2.05, 4.69) is 0 Å². The molecule has 0 bridgehead atoms. The molecular weight excluding hydrogens is 380 g/mol. The molecule has 4 rings (SSSR count). The van der Waals surface area contributed by atoms with Crippen LogP contribution in [0.5, 0.6) is 5.75 Å². The molecule has 0 N–H and O–H groups in total. The van der Waals surface area contributed by atoms with E-state index in [1.165, 1.54) is 7.11 Å². The number of aryl methyl sites for hydroxylation is 1. The van der Waals surface area contributed by atoms with E-state index in [4.69, 9.17) is 13.9 Å². The van der Waals surface area contributed by atoms with Crippen LogP contribution in [0.2, 0.25) is 0 Å². The summed E-state index contributed by atoms with van der Waals surface area (Å²) in [5.41, 5.74) is 3.80. The first-order valence-corrected chi connectivity index (χ1v) is 9.50. The van der Waals surface area contributed by atoms with Crippen molar-refractivity contribution in [3.05, 3.63) is 99.9 Å². The molecule has 5 heteroatoms. The van der Waals surface area contributed by atoms with Crippen LogP contribution in [0.15, 0.2) is 82.0 Å². The molecule has 0 atom stereocenters. The van der Waals surface area contributed by atoms with Gasteiger partial charge in [0.25, 0.3) is 0 Å². The molecule has 0 aliphatic rings. The minimum absolute atomic E-state index is 0.342. The molecule has 1 heterocycles. The van der Waals surface area contributed by atoms with Gasteiger partial charge in [-0.1, -0.05) is 42.5 Å². The van der Waals surface area contributed by atoms with Gasteiger partial charge in [-0.15, -0.1) is 0 Å². The van der Waals surface area contributed by atoms with E-state index in [1.54, 1.807) is 24.3 Å². The van der Waals surface area contributed by atoms with E-state index in [9.17, 15) is 9.59 Å². The zero-order chi connectivity index (χ0) is 21.1. The van der Waals surface area contributed by atoms with Crippen LogP contribution < -0.4 is 10.4 Å². The number of carbonyl (C=O) groups is 1. The smallest absolute Gasteiger partial charge is 0.344 e. The number of ether oxygens (including phenoxy) is 2. The van der Waals surface area contributed by atoms with E-state index in [0.717, 1.165) is 22.1 Å². The van der Waals surface area contributed by atoms with Gasteiger partial charge < -0.3 is 13.9 Å². The third kappa shape index (κ3) is 3.82. The molecule has 1 aromatic heterocycles. The Balaban J connectivity index is 1.61. The number of fused-ring (bicyclic) bond motifs is 1. The minimum atomic E-state index is -0.372. The summed E-state index contributed by atoms with van der Waals surface area (Å²) in [6, 6.07) is 21.9. The topological polar surface area (TPSA) is 65.7 Å². The fraction of sp³-hybridized carbons (Fsp3) is 0.120. The lowest BCUT2D eigenvalue weighted by Gasteiger charge is -2.11. The quantitative estimate of drug-likeness (QED) is 0.343. The summed E-state index contributed by atoms with van der Waals surface area (Å²) >= 11 is 0. The van der Waals surface area contributed by atoms with Crippen molar-refractivity contribution in [3.8, 4) is 16.9 Å². The highest BCUT2D eigenvalue weighted by atomic mass is 16.5. The fourth-order valence-electron chi connectivity index (χ4n) is 3.38. The van der Waals surface area contributed by atoms with E-state index < -0.39 is 0 Å². The largest absolute Gasteiger partial charge is 0.489 e. The Bertz CT molecular complexity index is 1250. The molecule has 0 amide bonds. The number of hydrogen-bond acceptors (Lipinski definition) is 5. The molecule has 0 saturated carbocycles. The van der Waals surface area contributed by atoms with Crippen LogP contribution in [0.4, 0.5) is 0 Å². The molecule has 0 fully saturated rings. The van der Waals surface area contributed by atoms with E-state index >= 15 is 0 Å². The lowest BCUT2D eigenvalue weighted by Crippen LogP contribution is -2.06. The van der Waals surface area contributed by atoms with Crippen LogP contribution in [-0.4, -0.2) is 13.1 Å². The van der Waals surface area contributed by atoms with Gasteiger partial charge in [-0.3, -0.25) is 0 Å². The monoisotopic (exact) mass is 400 g/mol. The van der Waals surface area contributed by atoms with Crippen molar-refractivity contribution < 1.29 is 18.7 Å². The van der Waals surface area contributed by atoms with Gasteiger partial charge in [-0.25, -0.2) is 9.59 Å². The Labute approximate surface area is 173 Å². The summed E-state index contributed by atoms with van der Waals surface area (Å²) < 4.78 is 16.2. The molecule has 0 radical (unpaired) electrons. The Morgan fingerprint density at radius 3 is 2.40 bits per heavy atom. The molecule has 0 aliphatic heterocycles. The average molecular weight is 400 g/mol. The van der Waals surface area contributed by atoms with Crippen LogP contribution in [-0.2, 0) is 11.3 Å². The Hall–Kier alpha value is -3.86. The molecule has 30 heavy (non-hydrogen) atoms. The second-order valence-corrected chi connectivity index (χ2v) is 6.89.